The van der Waals surface area contributed by atoms with Gasteiger partial charge in [-0.25, -0.2) is 0 Å². The van der Waals surface area contributed by atoms with E-state index in [1.807, 2.05) is 0 Å². The van der Waals surface area contributed by atoms with E-state index in [1.165, 1.54) is 12.1 Å². The highest BCUT2D eigenvalue weighted by atomic mass is 14.6. The van der Waals surface area contributed by atoms with Crippen LogP contribution in [-0.4, -0.2) is 0 Å². The first-order valence-electron chi connectivity index (χ1n) is 4.07. The van der Waals surface area contributed by atoms with Crippen LogP contribution in [-0.2, 0) is 0 Å². The Morgan fingerprint density at radius 1 is 1.33 bits per heavy atom. The summed E-state index contributed by atoms with van der Waals surface area (Å²) in [5, 5.41) is 0. The molecular formula is C7H10N2. The molecule has 0 bridgehead atoms. The van der Waals surface area contributed by atoms with Crippen molar-refractivity contribution in [1.82, 2.24) is 0 Å². The molecule has 2 heteroatoms. The number of anilines is 2. The molecule has 1 aromatic rings. The van der Waals surface area contributed by atoms with Crippen LogP contribution in [0.15, 0.2) is 18.2 Å². The first-order valence-corrected chi connectivity index (χ1v) is 2.57. The van der Waals surface area contributed by atoms with Crippen LogP contribution in [0.2, 0.25) is 0 Å². The van der Waals surface area contributed by atoms with Crippen LogP contribution < -0.4 is 11.5 Å². The van der Waals surface area contributed by atoms with Gasteiger partial charge >= 0.3 is 0 Å². The van der Waals surface area contributed by atoms with Gasteiger partial charge in [-0.05, 0) is 24.5 Å². The molecule has 0 aliphatic rings. The lowest BCUT2D eigenvalue weighted by Gasteiger charge is -2.00. The molecule has 0 saturated carbocycles. The number of nitrogens with two attached hydrogens (primary N) is 2. The maximum Gasteiger partial charge on any atom is 0.0364 e. The number of benzene rings is 1. The van der Waals surface area contributed by atoms with E-state index in [-0.39, 0.29) is 16.9 Å². The summed E-state index contributed by atoms with van der Waals surface area (Å²) in [6.45, 7) is -2.23. The molecular weight excluding hydrogens is 112 g/mol. The number of rotatable bonds is 0. The summed E-state index contributed by atoms with van der Waals surface area (Å²) < 4.78 is 21.4. The molecule has 4 N–H and O–H groups in total. The quantitative estimate of drug-likeness (QED) is 0.511. The predicted molar refractivity (Wildman–Crippen MR) is 40.0 cm³/mol. The van der Waals surface area contributed by atoms with E-state index in [1.54, 1.807) is 6.07 Å². The van der Waals surface area contributed by atoms with Crippen molar-refractivity contribution in [3.8, 4) is 0 Å². The maximum atomic E-state index is 7.13. The van der Waals surface area contributed by atoms with Crippen molar-refractivity contribution in [2.24, 2.45) is 0 Å². The molecule has 0 aromatic heterocycles. The van der Waals surface area contributed by atoms with Crippen LogP contribution in [0.4, 0.5) is 11.4 Å². The number of hydrogen-bond donors (Lipinski definition) is 2. The second kappa shape index (κ2) is 1.97. The molecule has 0 aliphatic heterocycles. The highest BCUT2D eigenvalue weighted by Crippen LogP contribution is 2.16. The second-order valence-electron chi connectivity index (χ2n) is 1.81. The van der Waals surface area contributed by atoms with Crippen molar-refractivity contribution in [3.63, 3.8) is 0 Å². The van der Waals surface area contributed by atoms with Crippen LogP contribution >= 0.6 is 0 Å². The zero-order chi connectivity index (χ0) is 9.35. The summed E-state index contributed by atoms with van der Waals surface area (Å²) in [4.78, 5) is 0. The lowest BCUT2D eigenvalue weighted by molar-refractivity contribution is 1.47. The van der Waals surface area contributed by atoms with Crippen molar-refractivity contribution in [1.29, 1.82) is 0 Å². The van der Waals surface area contributed by atoms with Gasteiger partial charge in [0.25, 0.3) is 0 Å². The molecule has 48 valence electrons. The minimum atomic E-state index is -2.23. The van der Waals surface area contributed by atoms with E-state index < -0.39 is 6.85 Å². The molecule has 0 aliphatic carbocycles. The van der Waals surface area contributed by atoms with E-state index >= 15 is 0 Å². The van der Waals surface area contributed by atoms with Crippen LogP contribution in [0.5, 0.6) is 0 Å². The van der Waals surface area contributed by atoms with Crippen LogP contribution in [0, 0.1) is 6.85 Å². The third-order valence-electron chi connectivity index (χ3n) is 1.13. The fourth-order valence-corrected chi connectivity index (χ4v) is 0.589. The zero-order valence-corrected chi connectivity index (χ0v) is 4.89. The first-order chi connectivity index (χ1) is 5.43. The van der Waals surface area contributed by atoms with E-state index in [2.05, 4.69) is 0 Å². The van der Waals surface area contributed by atoms with Crippen molar-refractivity contribution >= 4 is 11.4 Å². The molecule has 0 atom stereocenters. The Morgan fingerprint density at radius 3 is 2.22 bits per heavy atom. The van der Waals surface area contributed by atoms with Gasteiger partial charge in [0.1, 0.15) is 0 Å². The summed E-state index contributed by atoms with van der Waals surface area (Å²) in [6, 6.07) is 4.68. The lowest BCUT2D eigenvalue weighted by atomic mass is 10.2. The lowest BCUT2D eigenvalue weighted by Crippen LogP contribution is -1.94. The van der Waals surface area contributed by atoms with E-state index in [0.717, 1.165) is 0 Å². The highest BCUT2D eigenvalue weighted by molar-refractivity contribution is 5.59. The van der Waals surface area contributed by atoms with Crippen molar-refractivity contribution < 1.29 is 4.11 Å². The van der Waals surface area contributed by atoms with Gasteiger partial charge in [0.2, 0.25) is 0 Å². The summed E-state index contributed by atoms with van der Waals surface area (Å²) in [5.74, 6) is 0. The van der Waals surface area contributed by atoms with Gasteiger partial charge in [-0.2, -0.15) is 0 Å². The third-order valence-corrected chi connectivity index (χ3v) is 1.13. The Hall–Kier alpha value is -1.18. The largest absolute Gasteiger partial charge is 0.398 e. The maximum absolute atomic E-state index is 7.13. The van der Waals surface area contributed by atoms with Gasteiger partial charge in [0, 0.05) is 15.5 Å². The molecule has 0 radical (unpaired) electrons. The van der Waals surface area contributed by atoms with Gasteiger partial charge in [-0.3, -0.25) is 0 Å². The fraction of sp³-hybridized carbons (Fsp3) is 0.143. The Kier molecular flexibility index (Phi) is 0.681. The van der Waals surface area contributed by atoms with Crippen LogP contribution in [0.3, 0.4) is 0 Å². The standard InChI is InChI=1S/C7H10N2/c1-5-6(8)3-2-4-7(5)9/h2-4H,8-9H2,1H3/i1D3. The summed E-state index contributed by atoms with van der Waals surface area (Å²) in [7, 11) is 0. The Morgan fingerprint density at radius 2 is 1.89 bits per heavy atom. The Balaban J connectivity index is 3.31. The summed E-state index contributed by atoms with van der Waals surface area (Å²) >= 11 is 0. The summed E-state index contributed by atoms with van der Waals surface area (Å²) in [6.07, 6.45) is 0. The van der Waals surface area contributed by atoms with Crippen molar-refractivity contribution in [3.05, 3.63) is 23.8 Å². The Labute approximate surface area is 58.7 Å². The van der Waals surface area contributed by atoms with E-state index in [9.17, 15) is 0 Å². The second-order valence-corrected chi connectivity index (χ2v) is 1.81. The SMILES string of the molecule is [2H]C([2H])([2H])c1c(N)cccc1N. The van der Waals surface area contributed by atoms with Gasteiger partial charge in [-0.1, -0.05) is 6.07 Å². The van der Waals surface area contributed by atoms with Gasteiger partial charge < -0.3 is 11.5 Å². The molecule has 0 spiro atoms. The minimum absolute atomic E-state index is 0.0463. The average Bonchev–Trinajstić information content (AvgIpc) is 1.82. The molecule has 0 saturated heterocycles. The predicted octanol–water partition coefficient (Wildman–Crippen LogP) is 1.16. The van der Waals surface area contributed by atoms with Gasteiger partial charge in [0.15, 0.2) is 0 Å². The zero-order valence-electron chi connectivity index (χ0n) is 7.89. The normalized spacial score (nSPS) is 15.8. The fourth-order valence-electron chi connectivity index (χ4n) is 0.589. The van der Waals surface area contributed by atoms with Gasteiger partial charge in [0.05, 0.1) is 0 Å². The van der Waals surface area contributed by atoms with E-state index in [0.29, 0.717) is 0 Å². The molecule has 2 nitrogen and oxygen atoms in total. The van der Waals surface area contributed by atoms with Crippen LogP contribution in [0.1, 0.15) is 9.68 Å². The Bertz CT molecular complexity index is 273. The van der Waals surface area contributed by atoms with Crippen molar-refractivity contribution in [2.75, 3.05) is 11.5 Å². The average molecular weight is 125 g/mol. The highest BCUT2D eigenvalue weighted by Gasteiger charge is 1.93. The monoisotopic (exact) mass is 125 g/mol. The molecule has 0 heterocycles. The van der Waals surface area contributed by atoms with Crippen LogP contribution in [0.25, 0.3) is 0 Å². The molecule has 0 fully saturated rings. The number of nitrogen functional groups attached to an aromatic ring is 2. The molecule has 1 rings (SSSR count). The topological polar surface area (TPSA) is 52.0 Å². The minimum Gasteiger partial charge on any atom is -0.398 e. The van der Waals surface area contributed by atoms with E-state index in [4.69, 9.17) is 15.6 Å². The van der Waals surface area contributed by atoms with Crippen molar-refractivity contribution in [2.45, 2.75) is 6.85 Å². The first kappa shape index (κ1) is 3.11. The molecule has 0 unspecified atom stereocenters. The third kappa shape index (κ3) is 0.964. The smallest absolute Gasteiger partial charge is 0.0364 e. The molecule has 1 aromatic carbocycles. The molecule has 9 heavy (non-hydrogen) atoms. The van der Waals surface area contributed by atoms with Gasteiger partial charge in [-0.15, -0.1) is 0 Å². The number of hydrogen-bond acceptors (Lipinski definition) is 2. The summed E-state index contributed by atoms with van der Waals surface area (Å²) in [5.41, 5.74) is 11.4. The molecule has 0 amide bonds.